The van der Waals surface area contributed by atoms with Gasteiger partial charge in [0.15, 0.2) is 0 Å². The van der Waals surface area contributed by atoms with E-state index >= 15 is 0 Å². The van der Waals surface area contributed by atoms with E-state index in [-0.39, 0.29) is 27.5 Å². The van der Waals surface area contributed by atoms with Crippen molar-refractivity contribution in [1.29, 1.82) is 0 Å². The van der Waals surface area contributed by atoms with E-state index in [1.807, 2.05) is 6.92 Å². The molecule has 0 aliphatic carbocycles. The Balaban J connectivity index is 0.000000241. The Kier molecular flexibility index (Phi) is 10.5. The van der Waals surface area contributed by atoms with Crippen molar-refractivity contribution in [2.75, 3.05) is 0 Å². The quantitative estimate of drug-likeness (QED) is 0.695. The summed E-state index contributed by atoms with van der Waals surface area (Å²) in [6.07, 6.45) is 3.71. The first kappa shape index (κ1) is 19.8. The van der Waals surface area contributed by atoms with E-state index in [4.69, 9.17) is 5.11 Å². The van der Waals surface area contributed by atoms with Crippen LogP contribution in [0.15, 0.2) is 60.7 Å². The second kappa shape index (κ2) is 12.2. The number of unbranched alkanes of at least 4 members (excludes halogenated alkanes) is 1. The molecule has 123 valence electrons. The van der Waals surface area contributed by atoms with Gasteiger partial charge in [0, 0.05) is 0 Å². The van der Waals surface area contributed by atoms with Crippen molar-refractivity contribution < 1.29 is 9.90 Å². The van der Waals surface area contributed by atoms with Crippen LogP contribution in [0.1, 0.15) is 39.5 Å². The Labute approximate surface area is 150 Å². The van der Waals surface area contributed by atoms with Crippen LogP contribution in [0.4, 0.5) is 0 Å². The molecule has 1 N–H and O–H groups in total. The van der Waals surface area contributed by atoms with E-state index in [2.05, 4.69) is 67.6 Å². The Morgan fingerprint density at radius 1 is 0.957 bits per heavy atom. The van der Waals surface area contributed by atoms with Crippen molar-refractivity contribution in [3.8, 4) is 0 Å². The third kappa shape index (κ3) is 8.81. The summed E-state index contributed by atoms with van der Waals surface area (Å²) in [5.74, 6) is -0.754. The van der Waals surface area contributed by atoms with Crippen molar-refractivity contribution in [1.82, 2.24) is 0 Å². The van der Waals surface area contributed by atoms with Gasteiger partial charge in [0.1, 0.15) is 0 Å². The van der Waals surface area contributed by atoms with Crippen molar-refractivity contribution >= 4 is 34.6 Å². The molecule has 0 saturated carbocycles. The van der Waals surface area contributed by atoms with E-state index < -0.39 is 5.97 Å². The van der Waals surface area contributed by atoms with Gasteiger partial charge in [0.05, 0.1) is 5.92 Å². The van der Waals surface area contributed by atoms with Crippen molar-refractivity contribution in [2.24, 2.45) is 5.92 Å². The van der Waals surface area contributed by atoms with E-state index in [0.717, 1.165) is 25.7 Å². The number of hydrogen-bond acceptors (Lipinski definition) is 1. The number of rotatable bonds is 7. The van der Waals surface area contributed by atoms with Gasteiger partial charge in [-0.25, -0.2) is 0 Å². The van der Waals surface area contributed by atoms with Gasteiger partial charge >= 0.3 is 95.3 Å². The minimum atomic E-state index is -0.643. The van der Waals surface area contributed by atoms with Crippen molar-refractivity contribution in [3.63, 3.8) is 0 Å². The summed E-state index contributed by atoms with van der Waals surface area (Å²) < 4.78 is 3.04. The number of aliphatic carboxylic acids is 1. The van der Waals surface area contributed by atoms with Crippen LogP contribution in [0, 0.1) is 5.92 Å². The van der Waals surface area contributed by atoms with Crippen LogP contribution in [0.5, 0.6) is 0 Å². The monoisotopic (exact) mass is 419 g/mol. The summed E-state index contributed by atoms with van der Waals surface area (Å²) in [5, 5.41) is 8.60. The van der Waals surface area contributed by atoms with Gasteiger partial charge in [0.2, 0.25) is 0 Å². The molecule has 2 nitrogen and oxygen atoms in total. The maximum atomic E-state index is 10.4. The van der Waals surface area contributed by atoms with Gasteiger partial charge < -0.3 is 5.11 Å². The molecule has 0 heterocycles. The molecule has 0 bridgehead atoms. The standard InChI is InChI=1S/C8H16O2.2C6H5.Sb/c1-3-5-6-7(4-2)8(9)10;2*1-2-4-6-5-3-1;/h7H,3-6H2,1-2H3,(H,9,10);2*1-5H;. The Bertz CT molecular complexity index is 503. The number of carboxylic acids is 1. The molecule has 1 unspecified atom stereocenters. The third-order valence-electron chi connectivity index (χ3n) is 3.52. The zero-order valence-electron chi connectivity index (χ0n) is 14.0. The minimum absolute atomic E-state index is 0.111. The summed E-state index contributed by atoms with van der Waals surface area (Å²) in [7, 11) is 0. The summed E-state index contributed by atoms with van der Waals surface area (Å²) >= 11 is -0.335. The van der Waals surface area contributed by atoms with Crippen LogP contribution in [0.2, 0.25) is 0 Å². The molecule has 0 aromatic heterocycles. The van der Waals surface area contributed by atoms with Gasteiger partial charge in [-0.1, -0.05) is 26.7 Å². The summed E-state index contributed by atoms with van der Waals surface area (Å²) in [4.78, 5) is 10.4. The molecule has 0 aliphatic rings. The SMILES string of the molecule is CCCCC(CC)C(=O)O.c1cc[c]([Sb][c]2ccccc2)cc1. The molecule has 0 amide bonds. The summed E-state index contributed by atoms with van der Waals surface area (Å²) in [5.41, 5.74) is 0. The molecule has 23 heavy (non-hydrogen) atoms. The Morgan fingerprint density at radius 3 is 1.78 bits per heavy atom. The molecule has 2 aromatic carbocycles. The van der Waals surface area contributed by atoms with Crippen LogP contribution in [-0.4, -0.2) is 32.7 Å². The normalized spacial score (nSPS) is 11.2. The summed E-state index contributed by atoms with van der Waals surface area (Å²) in [6, 6.07) is 21.5. The van der Waals surface area contributed by atoms with E-state index in [9.17, 15) is 4.79 Å². The van der Waals surface area contributed by atoms with E-state index in [0.29, 0.717) is 0 Å². The second-order valence-electron chi connectivity index (χ2n) is 5.37. The number of carboxylic acid groups (broad SMARTS) is 1. The van der Waals surface area contributed by atoms with Crippen LogP contribution in [0.3, 0.4) is 0 Å². The molecule has 0 saturated heterocycles. The fraction of sp³-hybridized carbons (Fsp3) is 0.350. The molecule has 0 spiro atoms. The van der Waals surface area contributed by atoms with Crippen LogP contribution in [-0.2, 0) is 4.79 Å². The van der Waals surface area contributed by atoms with Crippen molar-refractivity contribution in [3.05, 3.63) is 60.7 Å². The molecule has 0 fully saturated rings. The molecule has 1 atom stereocenters. The molecular formula is C20H26O2Sb. The van der Waals surface area contributed by atoms with Crippen LogP contribution in [0.25, 0.3) is 0 Å². The fourth-order valence-corrected chi connectivity index (χ4v) is 4.79. The molecular weight excluding hydrogens is 394 g/mol. The van der Waals surface area contributed by atoms with Gasteiger partial charge in [-0.2, -0.15) is 0 Å². The average Bonchev–Trinajstić information content (AvgIpc) is 2.58. The predicted molar refractivity (Wildman–Crippen MR) is 98.8 cm³/mol. The third-order valence-corrected chi connectivity index (χ3v) is 6.69. The Morgan fingerprint density at radius 2 is 1.43 bits per heavy atom. The van der Waals surface area contributed by atoms with Gasteiger partial charge in [-0.3, -0.25) is 4.79 Å². The molecule has 1 radical (unpaired) electrons. The van der Waals surface area contributed by atoms with Gasteiger partial charge in [0.25, 0.3) is 0 Å². The van der Waals surface area contributed by atoms with E-state index in [1.54, 1.807) is 0 Å². The molecule has 3 heteroatoms. The fourth-order valence-electron chi connectivity index (χ4n) is 2.11. The van der Waals surface area contributed by atoms with Gasteiger partial charge in [-0.05, 0) is 12.8 Å². The topological polar surface area (TPSA) is 37.3 Å². The average molecular weight is 420 g/mol. The first-order chi connectivity index (χ1) is 11.2. The first-order valence-corrected chi connectivity index (χ1v) is 10.8. The number of carbonyl (C=O) groups is 1. The first-order valence-electron chi connectivity index (χ1n) is 8.22. The zero-order chi connectivity index (χ0) is 16.9. The molecule has 2 aromatic rings. The van der Waals surface area contributed by atoms with Crippen molar-refractivity contribution in [2.45, 2.75) is 39.5 Å². The van der Waals surface area contributed by atoms with E-state index in [1.165, 1.54) is 7.02 Å². The number of benzene rings is 2. The van der Waals surface area contributed by atoms with Crippen LogP contribution >= 0.6 is 0 Å². The zero-order valence-corrected chi connectivity index (χ0v) is 16.5. The van der Waals surface area contributed by atoms with Gasteiger partial charge in [-0.15, -0.1) is 0 Å². The predicted octanol–water partition coefficient (Wildman–Crippen LogP) is 3.63. The molecule has 0 aliphatic heterocycles. The van der Waals surface area contributed by atoms with Crippen LogP contribution < -0.4 is 7.02 Å². The molecule has 2 rings (SSSR count). The summed E-state index contributed by atoms with van der Waals surface area (Å²) in [6.45, 7) is 4.00. The second-order valence-corrected chi connectivity index (χ2v) is 8.95. The maximum absolute atomic E-state index is 10.4. The number of hydrogen-bond donors (Lipinski definition) is 1. The Hall–Kier alpha value is -1.27.